The highest BCUT2D eigenvalue weighted by molar-refractivity contribution is 7.99. The first-order valence-corrected chi connectivity index (χ1v) is 8.64. The van der Waals surface area contributed by atoms with Gasteiger partial charge in [-0.15, -0.1) is 0 Å². The third-order valence-corrected chi connectivity index (χ3v) is 5.00. The lowest BCUT2D eigenvalue weighted by Gasteiger charge is -2.30. The van der Waals surface area contributed by atoms with Crippen LogP contribution in [-0.2, 0) is 9.53 Å². The fourth-order valence-corrected chi connectivity index (χ4v) is 3.17. The summed E-state index contributed by atoms with van der Waals surface area (Å²) in [5, 5.41) is 9.98. The molecule has 0 aliphatic rings. The van der Waals surface area contributed by atoms with Crippen LogP contribution in [0.4, 0.5) is 10.5 Å². The molecule has 0 radical (unpaired) electrons. The largest absolute Gasteiger partial charge is 0.506 e. The first kappa shape index (κ1) is 19.4. The Bertz CT molecular complexity index is 557. The molecule has 0 saturated carbocycles. The molecule has 1 aromatic carbocycles. The molecule has 2 amide bonds. The SMILES string of the molecule is COC(=O)N(C(=O)C(C)(C)CSCC(C)C)c1ccccc1O. The lowest BCUT2D eigenvalue weighted by molar-refractivity contribution is -0.125. The summed E-state index contributed by atoms with van der Waals surface area (Å²) in [4.78, 5) is 25.9. The second-order valence-corrected chi connectivity index (χ2v) is 7.42. The van der Waals surface area contributed by atoms with Crippen LogP contribution in [0.1, 0.15) is 27.7 Å². The van der Waals surface area contributed by atoms with Crippen molar-refractivity contribution in [3.8, 4) is 5.75 Å². The van der Waals surface area contributed by atoms with Gasteiger partial charge < -0.3 is 9.84 Å². The number of benzene rings is 1. The number of methoxy groups -OCH3 is 1. The van der Waals surface area contributed by atoms with Crippen LogP contribution < -0.4 is 4.90 Å². The summed E-state index contributed by atoms with van der Waals surface area (Å²) < 4.78 is 4.73. The fraction of sp³-hybridized carbons (Fsp3) is 0.529. The average molecular weight is 339 g/mol. The van der Waals surface area contributed by atoms with E-state index < -0.39 is 17.4 Å². The van der Waals surface area contributed by atoms with E-state index in [2.05, 4.69) is 13.8 Å². The van der Waals surface area contributed by atoms with Gasteiger partial charge in [0.15, 0.2) is 0 Å². The monoisotopic (exact) mass is 339 g/mol. The Kier molecular flexibility index (Phi) is 6.94. The van der Waals surface area contributed by atoms with Gasteiger partial charge in [-0.25, -0.2) is 9.69 Å². The summed E-state index contributed by atoms with van der Waals surface area (Å²) in [5.74, 6) is 1.50. The van der Waals surface area contributed by atoms with Crippen LogP contribution in [0.3, 0.4) is 0 Å². The van der Waals surface area contributed by atoms with Crippen LogP contribution >= 0.6 is 11.8 Å². The Labute approximate surface area is 142 Å². The van der Waals surface area contributed by atoms with Crippen LogP contribution in [-0.4, -0.2) is 35.7 Å². The number of nitrogens with zero attached hydrogens (tertiary/aromatic N) is 1. The van der Waals surface area contributed by atoms with Gasteiger partial charge in [0.25, 0.3) is 0 Å². The normalized spacial score (nSPS) is 11.4. The van der Waals surface area contributed by atoms with Crippen molar-refractivity contribution in [2.45, 2.75) is 27.7 Å². The van der Waals surface area contributed by atoms with E-state index in [1.165, 1.54) is 19.2 Å². The minimum Gasteiger partial charge on any atom is -0.506 e. The number of thioether (sulfide) groups is 1. The van der Waals surface area contributed by atoms with E-state index in [1.54, 1.807) is 37.7 Å². The van der Waals surface area contributed by atoms with Gasteiger partial charge in [0.05, 0.1) is 18.2 Å². The van der Waals surface area contributed by atoms with Crippen molar-refractivity contribution in [3.05, 3.63) is 24.3 Å². The lowest BCUT2D eigenvalue weighted by Crippen LogP contribution is -2.46. The highest BCUT2D eigenvalue weighted by Crippen LogP contribution is 2.33. The number of phenols is 1. The first-order chi connectivity index (χ1) is 10.7. The molecule has 0 atom stereocenters. The number of amides is 2. The van der Waals surface area contributed by atoms with Gasteiger partial charge in [0, 0.05) is 5.75 Å². The second-order valence-electron chi connectivity index (χ2n) is 6.39. The molecule has 0 saturated heterocycles. The fourth-order valence-electron chi connectivity index (χ4n) is 1.95. The van der Waals surface area contributed by atoms with E-state index in [1.807, 2.05) is 0 Å². The van der Waals surface area contributed by atoms with Crippen LogP contribution in [0.5, 0.6) is 5.75 Å². The molecular formula is C17H25NO4S. The second kappa shape index (κ2) is 8.24. The van der Waals surface area contributed by atoms with Gasteiger partial charge >= 0.3 is 6.09 Å². The van der Waals surface area contributed by atoms with E-state index in [-0.39, 0.29) is 11.4 Å². The molecule has 0 unspecified atom stereocenters. The molecule has 0 aromatic heterocycles. The van der Waals surface area contributed by atoms with Crippen LogP contribution in [0.15, 0.2) is 24.3 Å². The number of ether oxygens (including phenoxy) is 1. The smallest absolute Gasteiger partial charge is 0.421 e. The summed E-state index contributed by atoms with van der Waals surface area (Å²) in [6.07, 6.45) is -0.807. The van der Waals surface area contributed by atoms with E-state index >= 15 is 0 Å². The zero-order chi connectivity index (χ0) is 17.6. The maximum atomic E-state index is 12.9. The number of carbonyl (C=O) groups excluding carboxylic acids is 2. The molecule has 1 aromatic rings. The maximum absolute atomic E-state index is 12.9. The number of aromatic hydroxyl groups is 1. The van der Waals surface area contributed by atoms with Crippen molar-refractivity contribution in [3.63, 3.8) is 0 Å². The third kappa shape index (κ3) is 5.16. The number of imide groups is 1. The number of para-hydroxylation sites is 2. The summed E-state index contributed by atoms with van der Waals surface area (Å²) in [7, 11) is 1.21. The highest BCUT2D eigenvalue weighted by Gasteiger charge is 2.37. The molecule has 0 aliphatic carbocycles. The Morgan fingerprint density at radius 3 is 2.43 bits per heavy atom. The van der Waals surface area contributed by atoms with E-state index in [0.29, 0.717) is 11.7 Å². The van der Waals surface area contributed by atoms with Crippen molar-refractivity contribution in [1.82, 2.24) is 0 Å². The summed E-state index contributed by atoms with van der Waals surface area (Å²) in [6.45, 7) is 7.81. The van der Waals surface area contributed by atoms with E-state index in [0.717, 1.165) is 10.7 Å². The van der Waals surface area contributed by atoms with Gasteiger partial charge in [-0.1, -0.05) is 39.8 Å². The molecule has 0 aliphatic heterocycles. The van der Waals surface area contributed by atoms with Gasteiger partial charge in [-0.3, -0.25) is 4.79 Å². The molecular weight excluding hydrogens is 314 g/mol. The summed E-state index contributed by atoms with van der Waals surface area (Å²) in [5.41, 5.74) is -0.637. The molecule has 0 heterocycles. The predicted molar refractivity (Wildman–Crippen MR) is 93.9 cm³/mol. The van der Waals surface area contributed by atoms with Crippen molar-refractivity contribution in [1.29, 1.82) is 0 Å². The first-order valence-electron chi connectivity index (χ1n) is 7.49. The number of hydrogen-bond donors (Lipinski definition) is 1. The van der Waals surface area contributed by atoms with Crippen molar-refractivity contribution in [2.24, 2.45) is 11.3 Å². The predicted octanol–water partition coefficient (Wildman–Crippen LogP) is 3.91. The number of rotatable bonds is 6. The van der Waals surface area contributed by atoms with E-state index in [9.17, 15) is 14.7 Å². The Morgan fingerprint density at radius 1 is 1.30 bits per heavy atom. The number of carbonyl (C=O) groups is 2. The molecule has 0 spiro atoms. The zero-order valence-corrected chi connectivity index (χ0v) is 15.1. The minimum atomic E-state index is -0.807. The molecule has 1 N–H and O–H groups in total. The quantitative estimate of drug-likeness (QED) is 0.851. The number of hydrogen-bond acceptors (Lipinski definition) is 5. The van der Waals surface area contributed by atoms with Crippen LogP contribution in [0.2, 0.25) is 0 Å². The molecule has 5 nitrogen and oxygen atoms in total. The molecule has 128 valence electrons. The van der Waals surface area contributed by atoms with Gasteiger partial charge in [-0.2, -0.15) is 11.8 Å². The van der Waals surface area contributed by atoms with Crippen molar-refractivity contribution < 1.29 is 19.4 Å². The van der Waals surface area contributed by atoms with Gasteiger partial charge in [0.1, 0.15) is 5.75 Å². The van der Waals surface area contributed by atoms with Gasteiger partial charge in [-0.05, 0) is 23.8 Å². The Morgan fingerprint density at radius 2 is 1.91 bits per heavy atom. The average Bonchev–Trinajstić information content (AvgIpc) is 2.48. The summed E-state index contributed by atoms with van der Waals surface area (Å²) >= 11 is 1.67. The van der Waals surface area contributed by atoms with Crippen LogP contribution in [0.25, 0.3) is 0 Å². The van der Waals surface area contributed by atoms with Crippen molar-refractivity contribution >= 4 is 29.4 Å². The topological polar surface area (TPSA) is 66.8 Å². The minimum absolute atomic E-state index is 0.131. The maximum Gasteiger partial charge on any atom is 0.421 e. The zero-order valence-electron chi connectivity index (χ0n) is 14.3. The molecule has 0 bridgehead atoms. The van der Waals surface area contributed by atoms with Crippen molar-refractivity contribution in [2.75, 3.05) is 23.5 Å². The Hall–Kier alpha value is -1.69. The molecule has 1 rings (SSSR count). The number of phenolic OH excluding ortho intramolecular Hbond substituents is 1. The highest BCUT2D eigenvalue weighted by atomic mass is 32.2. The standard InChI is InChI=1S/C17H25NO4S/c1-12(2)10-23-11-17(3,4)15(20)18(16(21)22-5)13-8-6-7-9-14(13)19/h6-9,12,19H,10-11H2,1-5H3. The molecule has 6 heteroatoms. The van der Waals surface area contributed by atoms with Gasteiger partial charge in [0.2, 0.25) is 5.91 Å². The van der Waals surface area contributed by atoms with Crippen LogP contribution in [0, 0.1) is 11.3 Å². The number of anilines is 1. The Balaban J connectivity index is 3.05. The third-order valence-electron chi connectivity index (χ3n) is 3.18. The lowest BCUT2D eigenvalue weighted by atomic mass is 9.94. The molecule has 23 heavy (non-hydrogen) atoms. The summed E-state index contributed by atoms with van der Waals surface area (Å²) in [6, 6.07) is 6.22. The molecule has 0 fully saturated rings. The van der Waals surface area contributed by atoms with E-state index in [4.69, 9.17) is 4.74 Å².